The summed E-state index contributed by atoms with van der Waals surface area (Å²) in [6.07, 6.45) is 2.72. The molecular formula is C15H20N2O2. The Balaban J connectivity index is 1.92. The van der Waals surface area contributed by atoms with Crippen molar-refractivity contribution >= 4 is 11.6 Å². The summed E-state index contributed by atoms with van der Waals surface area (Å²) in [5, 5.41) is 0. The Morgan fingerprint density at radius 3 is 2.95 bits per heavy atom. The molecule has 1 saturated heterocycles. The first-order valence-corrected chi connectivity index (χ1v) is 7.01. The summed E-state index contributed by atoms with van der Waals surface area (Å²) >= 11 is 0. The van der Waals surface area contributed by atoms with Crippen LogP contribution in [0.15, 0.2) is 24.3 Å². The molecule has 2 unspecified atom stereocenters. The van der Waals surface area contributed by atoms with Crippen LogP contribution in [-0.2, 0) is 9.53 Å². The van der Waals surface area contributed by atoms with E-state index in [2.05, 4.69) is 0 Å². The minimum absolute atomic E-state index is 0.0161. The molecule has 0 bridgehead atoms. The van der Waals surface area contributed by atoms with E-state index >= 15 is 0 Å². The lowest BCUT2D eigenvalue weighted by Crippen LogP contribution is -2.37. The molecule has 4 heteroatoms. The molecule has 1 aromatic rings. The molecule has 4 nitrogen and oxygen atoms in total. The zero-order valence-electron chi connectivity index (χ0n) is 11.0. The van der Waals surface area contributed by atoms with Crippen molar-refractivity contribution in [3.63, 3.8) is 0 Å². The number of benzene rings is 1. The third kappa shape index (κ3) is 2.38. The highest BCUT2D eigenvalue weighted by atomic mass is 16.5. The van der Waals surface area contributed by atoms with Crippen LogP contribution in [0.5, 0.6) is 0 Å². The van der Waals surface area contributed by atoms with E-state index < -0.39 is 0 Å². The predicted octanol–water partition coefficient (Wildman–Crippen LogP) is 1.85. The molecule has 2 N–H and O–H groups in total. The topological polar surface area (TPSA) is 55.6 Å². The van der Waals surface area contributed by atoms with Crippen LogP contribution in [0, 0.1) is 5.92 Å². The van der Waals surface area contributed by atoms with E-state index in [4.69, 9.17) is 10.5 Å². The first kappa shape index (κ1) is 12.6. The molecule has 0 spiro atoms. The van der Waals surface area contributed by atoms with Crippen molar-refractivity contribution in [2.45, 2.75) is 25.3 Å². The van der Waals surface area contributed by atoms with Gasteiger partial charge in [0.2, 0.25) is 5.91 Å². The fourth-order valence-corrected chi connectivity index (χ4v) is 2.97. The Labute approximate surface area is 113 Å². The van der Waals surface area contributed by atoms with Crippen molar-refractivity contribution in [3.8, 4) is 0 Å². The molecule has 0 aliphatic carbocycles. The Hall–Kier alpha value is -1.39. The number of carbonyl (C=O) groups excluding carboxylic acids is 1. The first-order chi connectivity index (χ1) is 9.27. The Kier molecular flexibility index (Phi) is 3.53. The molecular weight excluding hydrogens is 240 g/mol. The van der Waals surface area contributed by atoms with Gasteiger partial charge in [-0.2, -0.15) is 0 Å². The Morgan fingerprint density at radius 2 is 2.16 bits per heavy atom. The molecule has 0 aromatic heterocycles. The van der Waals surface area contributed by atoms with Crippen LogP contribution < -0.4 is 10.6 Å². The van der Waals surface area contributed by atoms with Gasteiger partial charge in [-0.1, -0.05) is 18.2 Å². The number of hydrogen-bond acceptors (Lipinski definition) is 3. The van der Waals surface area contributed by atoms with Gasteiger partial charge in [0, 0.05) is 24.9 Å². The summed E-state index contributed by atoms with van der Waals surface area (Å²) in [6, 6.07) is 8.05. The number of nitrogens with two attached hydrogens (primary N) is 1. The quantitative estimate of drug-likeness (QED) is 0.838. The van der Waals surface area contributed by atoms with Crippen LogP contribution in [0.3, 0.4) is 0 Å². The maximum Gasteiger partial charge on any atom is 0.232 e. The van der Waals surface area contributed by atoms with Gasteiger partial charge in [-0.3, -0.25) is 4.79 Å². The molecule has 1 aromatic carbocycles. The molecule has 1 amide bonds. The van der Waals surface area contributed by atoms with Crippen molar-refractivity contribution in [2.24, 2.45) is 11.7 Å². The zero-order valence-corrected chi connectivity index (χ0v) is 11.0. The summed E-state index contributed by atoms with van der Waals surface area (Å²) in [5.41, 5.74) is 8.28. The van der Waals surface area contributed by atoms with Crippen LogP contribution in [-0.4, -0.2) is 25.7 Å². The molecule has 2 aliphatic rings. The number of ether oxygens (including phenoxy) is 1. The summed E-state index contributed by atoms with van der Waals surface area (Å²) in [7, 11) is 0. The average molecular weight is 260 g/mol. The maximum absolute atomic E-state index is 12.6. The largest absolute Gasteiger partial charge is 0.381 e. The molecule has 102 valence electrons. The van der Waals surface area contributed by atoms with E-state index in [-0.39, 0.29) is 17.9 Å². The van der Waals surface area contributed by atoms with Crippen LogP contribution >= 0.6 is 0 Å². The van der Waals surface area contributed by atoms with Gasteiger partial charge in [-0.25, -0.2) is 0 Å². The van der Waals surface area contributed by atoms with Crippen LogP contribution in [0.25, 0.3) is 0 Å². The van der Waals surface area contributed by atoms with Gasteiger partial charge in [0.25, 0.3) is 0 Å². The van der Waals surface area contributed by atoms with Gasteiger partial charge in [0.15, 0.2) is 0 Å². The van der Waals surface area contributed by atoms with E-state index in [1.54, 1.807) is 0 Å². The minimum atomic E-state index is 0.0161. The molecule has 0 saturated carbocycles. The Bertz CT molecular complexity index is 469. The fraction of sp³-hybridized carbons (Fsp3) is 0.533. The highest BCUT2D eigenvalue weighted by molar-refractivity contribution is 5.96. The highest BCUT2D eigenvalue weighted by Gasteiger charge is 2.31. The summed E-state index contributed by atoms with van der Waals surface area (Å²) < 4.78 is 5.34. The zero-order chi connectivity index (χ0) is 13.2. The number of nitrogens with zero attached hydrogens (tertiary/aromatic N) is 1. The third-order valence-electron chi connectivity index (χ3n) is 4.07. The van der Waals surface area contributed by atoms with Crippen molar-refractivity contribution in [2.75, 3.05) is 24.7 Å². The molecule has 2 atom stereocenters. The number of rotatable bonds is 1. The SMILES string of the molecule is NC1CCCN(C(=O)C2CCOC2)c2ccccc21. The van der Waals surface area contributed by atoms with Crippen LogP contribution in [0.1, 0.15) is 30.9 Å². The predicted molar refractivity (Wildman–Crippen MR) is 73.9 cm³/mol. The second-order valence-electron chi connectivity index (χ2n) is 5.36. The first-order valence-electron chi connectivity index (χ1n) is 7.01. The standard InChI is InChI=1S/C15H20N2O2/c16-13-5-3-8-17(14-6-2-1-4-12(13)14)15(18)11-7-9-19-10-11/h1-2,4,6,11,13H,3,5,7-10,16H2. The summed E-state index contributed by atoms with van der Waals surface area (Å²) in [6.45, 7) is 2.02. The fourth-order valence-electron chi connectivity index (χ4n) is 2.97. The molecule has 3 rings (SSSR count). The smallest absolute Gasteiger partial charge is 0.232 e. The van der Waals surface area contributed by atoms with Gasteiger partial charge in [0.05, 0.1) is 12.5 Å². The molecule has 0 radical (unpaired) electrons. The summed E-state index contributed by atoms with van der Waals surface area (Å²) in [5.74, 6) is 0.210. The third-order valence-corrected chi connectivity index (χ3v) is 4.07. The van der Waals surface area contributed by atoms with Crippen LogP contribution in [0.2, 0.25) is 0 Å². The van der Waals surface area contributed by atoms with Crippen molar-refractivity contribution in [1.29, 1.82) is 0 Å². The van der Waals surface area contributed by atoms with Gasteiger partial charge in [-0.15, -0.1) is 0 Å². The van der Waals surface area contributed by atoms with Gasteiger partial charge < -0.3 is 15.4 Å². The lowest BCUT2D eigenvalue weighted by Gasteiger charge is -2.25. The number of carbonyl (C=O) groups is 1. The maximum atomic E-state index is 12.6. The molecule has 2 heterocycles. The summed E-state index contributed by atoms with van der Waals surface area (Å²) in [4.78, 5) is 14.5. The minimum Gasteiger partial charge on any atom is -0.381 e. The normalized spacial score (nSPS) is 26.9. The lowest BCUT2D eigenvalue weighted by atomic mass is 10.0. The molecule has 1 fully saturated rings. The number of amides is 1. The van der Waals surface area contributed by atoms with E-state index in [0.29, 0.717) is 13.2 Å². The number of fused-ring (bicyclic) bond motifs is 1. The second-order valence-corrected chi connectivity index (χ2v) is 5.36. The van der Waals surface area contributed by atoms with Crippen molar-refractivity contribution in [3.05, 3.63) is 29.8 Å². The molecule has 19 heavy (non-hydrogen) atoms. The molecule has 2 aliphatic heterocycles. The average Bonchev–Trinajstić information content (AvgIpc) is 2.91. The van der Waals surface area contributed by atoms with Gasteiger partial charge in [0.1, 0.15) is 0 Å². The number of anilines is 1. The second kappa shape index (κ2) is 5.31. The van der Waals surface area contributed by atoms with Gasteiger partial charge in [-0.05, 0) is 30.9 Å². The van der Waals surface area contributed by atoms with E-state index in [9.17, 15) is 4.79 Å². The van der Waals surface area contributed by atoms with Crippen molar-refractivity contribution < 1.29 is 9.53 Å². The highest BCUT2D eigenvalue weighted by Crippen LogP contribution is 2.32. The van der Waals surface area contributed by atoms with E-state index in [1.807, 2.05) is 29.2 Å². The lowest BCUT2D eigenvalue weighted by molar-refractivity contribution is -0.122. The monoisotopic (exact) mass is 260 g/mol. The van der Waals surface area contributed by atoms with E-state index in [1.165, 1.54) is 0 Å². The van der Waals surface area contributed by atoms with Crippen molar-refractivity contribution in [1.82, 2.24) is 0 Å². The number of para-hydroxylation sites is 1. The van der Waals surface area contributed by atoms with E-state index in [0.717, 1.165) is 37.1 Å². The number of hydrogen-bond donors (Lipinski definition) is 1. The van der Waals surface area contributed by atoms with Gasteiger partial charge >= 0.3 is 0 Å². The van der Waals surface area contributed by atoms with Crippen LogP contribution in [0.4, 0.5) is 5.69 Å². The Morgan fingerprint density at radius 1 is 1.32 bits per heavy atom.